The van der Waals surface area contributed by atoms with Gasteiger partial charge in [0.15, 0.2) is 0 Å². The van der Waals surface area contributed by atoms with Gasteiger partial charge in [-0.15, -0.1) is 0 Å². The van der Waals surface area contributed by atoms with E-state index in [9.17, 15) is 0 Å². The van der Waals surface area contributed by atoms with E-state index in [-0.39, 0.29) is 0 Å². The Bertz CT molecular complexity index is 326. The molecule has 1 aromatic rings. The Hall–Kier alpha value is -0.860. The summed E-state index contributed by atoms with van der Waals surface area (Å²) in [6.07, 6.45) is 2.61. The first-order valence-corrected chi connectivity index (χ1v) is 6.63. The van der Waals surface area contributed by atoms with Crippen LogP contribution in [-0.2, 0) is 6.54 Å². The van der Waals surface area contributed by atoms with E-state index in [4.69, 9.17) is 0 Å². The van der Waals surface area contributed by atoms with Crippen molar-refractivity contribution in [3.8, 4) is 0 Å². The SMILES string of the molecule is CNCC1(C)CCN(Cc2ccccc2)CC1. The smallest absolute Gasteiger partial charge is 0.0233 e. The van der Waals surface area contributed by atoms with Gasteiger partial charge < -0.3 is 5.32 Å². The van der Waals surface area contributed by atoms with Gasteiger partial charge in [0.1, 0.15) is 0 Å². The Kier molecular flexibility index (Phi) is 4.19. The summed E-state index contributed by atoms with van der Waals surface area (Å²) in [5, 5.41) is 3.32. The lowest BCUT2D eigenvalue weighted by atomic mass is 9.80. The van der Waals surface area contributed by atoms with Gasteiger partial charge in [0.05, 0.1) is 0 Å². The van der Waals surface area contributed by atoms with Crippen molar-refractivity contribution in [1.29, 1.82) is 0 Å². The number of likely N-dealkylation sites (tertiary alicyclic amines) is 1. The first-order valence-electron chi connectivity index (χ1n) is 6.63. The molecule has 0 bridgehead atoms. The second-order valence-corrected chi connectivity index (χ2v) is 5.60. The zero-order valence-corrected chi connectivity index (χ0v) is 11.1. The zero-order valence-electron chi connectivity index (χ0n) is 11.1. The lowest BCUT2D eigenvalue weighted by Gasteiger charge is -2.39. The molecule has 1 aliphatic rings. The number of hydrogen-bond acceptors (Lipinski definition) is 2. The van der Waals surface area contributed by atoms with Crippen molar-refractivity contribution in [2.24, 2.45) is 5.41 Å². The first kappa shape index (κ1) is 12.6. The molecule has 1 aliphatic heterocycles. The fraction of sp³-hybridized carbons (Fsp3) is 0.600. The number of piperidine rings is 1. The summed E-state index contributed by atoms with van der Waals surface area (Å²) in [4.78, 5) is 2.58. The van der Waals surface area contributed by atoms with Gasteiger partial charge in [-0.25, -0.2) is 0 Å². The molecule has 0 amide bonds. The van der Waals surface area contributed by atoms with E-state index < -0.39 is 0 Å². The summed E-state index contributed by atoms with van der Waals surface area (Å²) >= 11 is 0. The van der Waals surface area contributed by atoms with Crippen molar-refractivity contribution >= 4 is 0 Å². The predicted octanol–water partition coefficient (Wildman–Crippen LogP) is 2.51. The zero-order chi connectivity index (χ0) is 12.1. The molecule has 0 saturated carbocycles. The number of nitrogens with zero attached hydrogens (tertiary/aromatic N) is 1. The van der Waals surface area contributed by atoms with Gasteiger partial charge in [0.2, 0.25) is 0 Å². The molecule has 0 aromatic heterocycles. The van der Waals surface area contributed by atoms with Crippen molar-refractivity contribution < 1.29 is 0 Å². The van der Waals surface area contributed by atoms with Crippen molar-refractivity contribution in [2.75, 3.05) is 26.7 Å². The third kappa shape index (κ3) is 3.55. The van der Waals surface area contributed by atoms with Gasteiger partial charge in [0, 0.05) is 13.1 Å². The summed E-state index contributed by atoms with van der Waals surface area (Å²) in [6.45, 7) is 7.12. The molecular formula is C15H24N2. The molecule has 1 aromatic carbocycles. The fourth-order valence-electron chi connectivity index (χ4n) is 2.70. The molecule has 2 rings (SSSR count). The number of hydrogen-bond donors (Lipinski definition) is 1. The average Bonchev–Trinajstić information content (AvgIpc) is 2.34. The standard InChI is InChI=1S/C15H24N2/c1-15(13-16-2)8-10-17(11-9-15)12-14-6-4-3-5-7-14/h3-7,16H,8-13H2,1-2H3. The normalized spacial score (nSPS) is 20.4. The van der Waals surface area contributed by atoms with Crippen LogP contribution in [0.3, 0.4) is 0 Å². The van der Waals surface area contributed by atoms with E-state index in [0.29, 0.717) is 5.41 Å². The van der Waals surface area contributed by atoms with Crippen LogP contribution in [0.1, 0.15) is 25.3 Å². The molecule has 1 heterocycles. The van der Waals surface area contributed by atoms with Gasteiger partial charge in [-0.05, 0) is 44.0 Å². The Labute approximate surface area is 105 Å². The molecule has 2 heteroatoms. The number of nitrogens with one attached hydrogen (secondary N) is 1. The van der Waals surface area contributed by atoms with Gasteiger partial charge >= 0.3 is 0 Å². The van der Waals surface area contributed by atoms with Crippen LogP contribution in [0.2, 0.25) is 0 Å². The maximum absolute atomic E-state index is 3.32. The van der Waals surface area contributed by atoms with Crippen LogP contribution >= 0.6 is 0 Å². The molecule has 0 spiro atoms. The van der Waals surface area contributed by atoms with Gasteiger partial charge in [0.25, 0.3) is 0 Å². The third-order valence-electron chi connectivity index (χ3n) is 3.92. The Balaban J connectivity index is 1.83. The van der Waals surface area contributed by atoms with Gasteiger partial charge in [-0.3, -0.25) is 4.90 Å². The lowest BCUT2D eigenvalue weighted by molar-refractivity contribution is 0.113. The molecule has 1 saturated heterocycles. The maximum atomic E-state index is 3.32. The summed E-state index contributed by atoms with van der Waals surface area (Å²) < 4.78 is 0. The van der Waals surface area contributed by atoms with Crippen LogP contribution in [0.25, 0.3) is 0 Å². The van der Waals surface area contributed by atoms with Crippen LogP contribution in [0.15, 0.2) is 30.3 Å². The Morgan fingerprint density at radius 2 is 1.82 bits per heavy atom. The van der Waals surface area contributed by atoms with Crippen molar-refractivity contribution in [1.82, 2.24) is 10.2 Å². The number of benzene rings is 1. The summed E-state index contributed by atoms with van der Waals surface area (Å²) in [7, 11) is 2.06. The van der Waals surface area contributed by atoms with E-state index >= 15 is 0 Å². The molecule has 0 atom stereocenters. The van der Waals surface area contributed by atoms with Crippen LogP contribution in [0.4, 0.5) is 0 Å². The highest BCUT2D eigenvalue weighted by atomic mass is 15.1. The molecule has 0 radical (unpaired) electrons. The monoisotopic (exact) mass is 232 g/mol. The molecule has 2 nitrogen and oxygen atoms in total. The fourth-order valence-corrected chi connectivity index (χ4v) is 2.70. The molecule has 17 heavy (non-hydrogen) atoms. The summed E-state index contributed by atoms with van der Waals surface area (Å²) in [5.41, 5.74) is 1.94. The highest BCUT2D eigenvalue weighted by molar-refractivity contribution is 5.14. The van der Waals surface area contributed by atoms with Crippen molar-refractivity contribution in [2.45, 2.75) is 26.3 Å². The van der Waals surface area contributed by atoms with E-state index in [0.717, 1.165) is 13.1 Å². The summed E-state index contributed by atoms with van der Waals surface area (Å²) in [6, 6.07) is 10.8. The Morgan fingerprint density at radius 1 is 1.18 bits per heavy atom. The minimum absolute atomic E-state index is 0.502. The highest BCUT2D eigenvalue weighted by Gasteiger charge is 2.29. The lowest BCUT2D eigenvalue weighted by Crippen LogP contribution is -2.42. The average molecular weight is 232 g/mol. The predicted molar refractivity (Wildman–Crippen MR) is 73.0 cm³/mol. The second-order valence-electron chi connectivity index (χ2n) is 5.60. The first-order chi connectivity index (χ1) is 8.22. The molecule has 0 aliphatic carbocycles. The van der Waals surface area contributed by atoms with E-state index in [1.807, 2.05) is 0 Å². The highest BCUT2D eigenvalue weighted by Crippen LogP contribution is 2.30. The van der Waals surface area contributed by atoms with E-state index in [1.54, 1.807) is 0 Å². The maximum Gasteiger partial charge on any atom is 0.0233 e. The summed E-state index contributed by atoms with van der Waals surface area (Å²) in [5.74, 6) is 0. The molecule has 1 N–H and O–H groups in total. The molecular weight excluding hydrogens is 208 g/mol. The second kappa shape index (κ2) is 5.65. The quantitative estimate of drug-likeness (QED) is 0.858. The minimum atomic E-state index is 0.502. The third-order valence-corrected chi connectivity index (χ3v) is 3.92. The van der Waals surface area contributed by atoms with E-state index in [1.165, 1.54) is 31.5 Å². The number of rotatable bonds is 4. The Morgan fingerprint density at radius 3 is 2.41 bits per heavy atom. The van der Waals surface area contributed by atoms with Crippen LogP contribution in [0, 0.1) is 5.41 Å². The van der Waals surface area contributed by atoms with Gasteiger partial charge in [-0.1, -0.05) is 37.3 Å². The topological polar surface area (TPSA) is 15.3 Å². The van der Waals surface area contributed by atoms with Crippen LogP contribution in [0.5, 0.6) is 0 Å². The largest absolute Gasteiger partial charge is 0.319 e. The minimum Gasteiger partial charge on any atom is -0.319 e. The molecule has 1 fully saturated rings. The van der Waals surface area contributed by atoms with Crippen LogP contribution < -0.4 is 5.32 Å². The van der Waals surface area contributed by atoms with Crippen molar-refractivity contribution in [3.63, 3.8) is 0 Å². The van der Waals surface area contributed by atoms with Gasteiger partial charge in [-0.2, -0.15) is 0 Å². The molecule has 94 valence electrons. The van der Waals surface area contributed by atoms with Crippen molar-refractivity contribution in [3.05, 3.63) is 35.9 Å². The molecule has 0 unspecified atom stereocenters. The van der Waals surface area contributed by atoms with Crippen LogP contribution in [-0.4, -0.2) is 31.6 Å². The van der Waals surface area contributed by atoms with E-state index in [2.05, 4.69) is 54.5 Å².